The lowest BCUT2D eigenvalue weighted by Gasteiger charge is -2.06. The smallest absolute Gasteiger partial charge is 0.284 e. The van der Waals surface area contributed by atoms with Crippen molar-refractivity contribution in [1.82, 2.24) is 0 Å². The van der Waals surface area contributed by atoms with Crippen LogP contribution in [0.2, 0.25) is 0 Å². The summed E-state index contributed by atoms with van der Waals surface area (Å²) in [5.41, 5.74) is 5.25. The Kier molecular flexibility index (Phi) is 4.34. The van der Waals surface area contributed by atoms with Crippen molar-refractivity contribution in [2.45, 2.75) is 0 Å². The van der Waals surface area contributed by atoms with Crippen LogP contribution in [0, 0.1) is 10.1 Å². The topological polar surface area (TPSA) is 115 Å². The monoisotopic (exact) mass is 369 g/mol. The third kappa shape index (κ3) is 3.09. The van der Waals surface area contributed by atoms with E-state index in [4.69, 9.17) is 5.73 Å². The first kappa shape index (κ1) is 15.1. The van der Waals surface area contributed by atoms with Gasteiger partial charge in [-0.3, -0.25) is 19.7 Å². The molecule has 7 nitrogen and oxygen atoms in total. The van der Waals surface area contributed by atoms with Crippen molar-refractivity contribution in [1.29, 1.82) is 0 Å². The molecular weight excluding hydrogens is 362 g/mol. The zero-order chi connectivity index (χ0) is 15.6. The van der Waals surface area contributed by atoms with E-state index >= 15 is 0 Å². The number of carbonyl (C=O) groups is 2. The molecule has 0 bridgehead atoms. The predicted octanol–water partition coefficient (Wildman–Crippen LogP) is 2.77. The van der Waals surface area contributed by atoms with Crippen LogP contribution in [-0.4, -0.2) is 16.7 Å². The molecule has 0 fully saturated rings. The maximum Gasteiger partial charge on any atom is 0.284 e. The van der Waals surface area contributed by atoms with Crippen LogP contribution in [0.3, 0.4) is 0 Å². The van der Waals surface area contributed by atoms with Crippen LogP contribution in [0.1, 0.15) is 20.7 Å². The highest BCUT2D eigenvalue weighted by Crippen LogP contribution is 2.30. The normalized spacial score (nSPS) is 10.1. The van der Waals surface area contributed by atoms with Gasteiger partial charge in [0.25, 0.3) is 17.5 Å². The number of benzene rings is 1. The van der Waals surface area contributed by atoms with Gasteiger partial charge in [0.1, 0.15) is 9.47 Å². The van der Waals surface area contributed by atoms with E-state index in [9.17, 15) is 19.7 Å². The van der Waals surface area contributed by atoms with Gasteiger partial charge in [-0.2, -0.15) is 0 Å². The zero-order valence-electron chi connectivity index (χ0n) is 10.3. The summed E-state index contributed by atoms with van der Waals surface area (Å²) in [5.74, 6) is -1.24. The van der Waals surface area contributed by atoms with E-state index in [0.717, 1.165) is 11.3 Å². The Morgan fingerprint density at radius 3 is 2.62 bits per heavy atom. The molecule has 1 aromatic heterocycles. The Morgan fingerprint density at radius 1 is 1.29 bits per heavy atom. The van der Waals surface area contributed by atoms with Crippen LogP contribution in [0.15, 0.2) is 34.1 Å². The van der Waals surface area contributed by atoms with Gasteiger partial charge in [-0.15, -0.1) is 11.3 Å². The number of amides is 2. The van der Waals surface area contributed by atoms with Crippen molar-refractivity contribution in [3.8, 4) is 0 Å². The van der Waals surface area contributed by atoms with Crippen molar-refractivity contribution >= 4 is 49.8 Å². The Labute approximate surface area is 131 Å². The second-order valence-electron chi connectivity index (χ2n) is 3.88. The molecule has 0 unspecified atom stereocenters. The van der Waals surface area contributed by atoms with Crippen LogP contribution >= 0.6 is 27.3 Å². The first-order chi connectivity index (χ1) is 9.91. The number of primary amides is 1. The molecule has 21 heavy (non-hydrogen) atoms. The number of nitrogens with one attached hydrogen (secondary N) is 1. The molecule has 0 aliphatic rings. The summed E-state index contributed by atoms with van der Waals surface area (Å²) in [6.07, 6.45) is 0. The lowest BCUT2D eigenvalue weighted by atomic mass is 10.2. The van der Waals surface area contributed by atoms with Crippen LogP contribution in [0.5, 0.6) is 0 Å². The third-order valence-corrected chi connectivity index (χ3v) is 4.24. The van der Waals surface area contributed by atoms with E-state index in [-0.39, 0.29) is 21.3 Å². The molecule has 0 aliphatic heterocycles. The number of hydrogen-bond donors (Lipinski definition) is 2. The number of nitrogens with zero attached hydrogens (tertiary/aromatic N) is 1. The molecule has 0 saturated heterocycles. The summed E-state index contributed by atoms with van der Waals surface area (Å²) in [7, 11) is 0. The van der Waals surface area contributed by atoms with Crippen molar-refractivity contribution in [3.63, 3.8) is 0 Å². The average molecular weight is 370 g/mol. The number of anilines is 1. The molecule has 3 N–H and O–H groups in total. The highest BCUT2D eigenvalue weighted by molar-refractivity contribution is 9.10. The van der Waals surface area contributed by atoms with Gasteiger partial charge in [-0.05, 0) is 33.4 Å². The van der Waals surface area contributed by atoms with E-state index in [1.165, 1.54) is 24.3 Å². The number of rotatable bonds is 4. The number of nitro benzene ring substituents is 1. The van der Waals surface area contributed by atoms with Gasteiger partial charge in [0.15, 0.2) is 0 Å². The average Bonchev–Trinajstić information content (AvgIpc) is 2.86. The summed E-state index contributed by atoms with van der Waals surface area (Å²) >= 11 is 4.18. The molecule has 0 saturated carbocycles. The molecule has 1 heterocycles. The Bertz CT molecular complexity index is 744. The van der Waals surface area contributed by atoms with E-state index in [1.807, 2.05) is 0 Å². The predicted molar refractivity (Wildman–Crippen MR) is 81.6 cm³/mol. The Balaban J connectivity index is 2.33. The molecule has 2 amide bonds. The number of halogens is 1. The Morgan fingerprint density at radius 2 is 2.00 bits per heavy atom. The summed E-state index contributed by atoms with van der Waals surface area (Å²) in [4.78, 5) is 33.6. The first-order valence-electron chi connectivity index (χ1n) is 5.53. The number of thiophene rings is 1. The lowest BCUT2D eigenvalue weighted by Crippen LogP contribution is -2.17. The summed E-state index contributed by atoms with van der Waals surface area (Å²) < 4.78 is 0.0738. The molecule has 0 atom stereocenters. The standard InChI is InChI=1S/C12H8BrN3O4S/c13-9-6(2-1-3-8(9)16(19)20)11(18)15-12-7(10(14)17)4-5-21-12/h1-5H,(H2,14,17)(H,15,18). The van der Waals surface area contributed by atoms with Crippen LogP contribution in [0.4, 0.5) is 10.7 Å². The Hall–Kier alpha value is -2.26. The highest BCUT2D eigenvalue weighted by atomic mass is 79.9. The van der Waals surface area contributed by atoms with Crippen molar-refractivity contribution < 1.29 is 14.5 Å². The zero-order valence-corrected chi connectivity index (χ0v) is 12.7. The minimum Gasteiger partial charge on any atom is -0.366 e. The molecule has 108 valence electrons. The number of nitro groups is 1. The molecule has 0 spiro atoms. The fourth-order valence-corrected chi connectivity index (χ4v) is 2.98. The van der Waals surface area contributed by atoms with Crippen LogP contribution in [-0.2, 0) is 0 Å². The lowest BCUT2D eigenvalue weighted by molar-refractivity contribution is -0.385. The van der Waals surface area contributed by atoms with Gasteiger partial charge in [0, 0.05) is 6.07 Å². The molecule has 2 rings (SSSR count). The summed E-state index contributed by atoms with van der Waals surface area (Å²) in [6, 6.07) is 5.61. The molecule has 2 aromatic rings. The van der Waals surface area contributed by atoms with Gasteiger partial charge in [-0.1, -0.05) is 6.07 Å². The maximum absolute atomic E-state index is 12.2. The minimum absolute atomic E-state index is 0.0738. The number of carbonyl (C=O) groups excluding carboxylic acids is 2. The summed E-state index contributed by atoms with van der Waals surface area (Å²) in [5, 5.41) is 15.3. The fourth-order valence-electron chi connectivity index (χ4n) is 1.61. The molecule has 1 aromatic carbocycles. The second kappa shape index (κ2) is 6.02. The highest BCUT2D eigenvalue weighted by Gasteiger charge is 2.21. The van der Waals surface area contributed by atoms with Crippen molar-refractivity contribution in [3.05, 3.63) is 55.4 Å². The minimum atomic E-state index is -0.662. The van der Waals surface area contributed by atoms with Crippen LogP contribution < -0.4 is 11.1 Å². The second-order valence-corrected chi connectivity index (χ2v) is 5.59. The molecule has 0 radical (unpaired) electrons. The largest absolute Gasteiger partial charge is 0.366 e. The fraction of sp³-hybridized carbons (Fsp3) is 0. The van der Waals surface area contributed by atoms with Crippen molar-refractivity contribution in [2.75, 3.05) is 5.32 Å². The number of nitrogens with two attached hydrogens (primary N) is 1. The van der Waals surface area contributed by atoms with Gasteiger partial charge >= 0.3 is 0 Å². The maximum atomic E-state index is 12.2. The SMILES string of the molecule is NC(=O)c1ccsc1NC(=O)c1cccc([N+](=O)[O-])c1Br. The third-order valence-electron chi connectivity index (χ3n) is 2.58. The molecule has 9 heteroatoms. The van der Waals surface area contributed by atoms with Gasteiger partial charge in [-0.25, -0.2) is 0 Å². The van der Waals surface area contributed by atoms with E-state index in [2.05, 4.69) is 21.2 Å². The van der Waals surface area contributed by atoms with Crippen molar-refractivity contribution in [2.24, 2.45) is 5.73 Å². The van der Waals surface area contributed by atoms with E-state index in [1.54, 1.807) is 5.38 Å². The number of hydrogen-bond acceptors (Lipinski definition) is 5. The first-order valence-corrected chi connectivity index (χ1v) is 7.20. The molecular formula is C12H8BrN3O4S. The van der Waals surface area contributed by atoms with Gasteiger partial charge in [0.2, 0.25) is 0 Å². The molecule has 0 aliphatic carbocycles. The van der Waals surface area contributed by atoms with E-state index in [0.29, 0.717) is 5.00 Å². The summed E-state index contributed by atoms with van der Waals surface area (Å²) in [6.45, 7) is 0. The van der Waals surface area contributed by atoms with Gasteiger partial charge < -0.3 is 11.1 Å². The van der Waals surface area contributed by atoms with E-state index < -0.39 is 16.7 Å². The quantitative estimate of drug-likeness (QED) is 0.636. The van der Waals surface area contributed by atoms with Gasteiger partial charge in [0.05, 0.1) is 16.1 Å². The van der Waals surface area contributed by atoms with Crippen LogP contribution in [0.25, 0.3) is 0 Å².